The molecular formula is C11H21N3. The van der Waals surface area contributed by atoms with Gasteiger partial charge < -0.3 is 10.3 Å². The Balaban J connectivity index is 2.70. The third kappa shape index (κ3) is 2.50. The van der Waals surface area contributed by atoms with Crippen molar-refractivity contribution in [2.45, 2.75) is 34.2 Å². The Kier molecular flexibility index (Phi) is 3.55. The summed E-state index contributed by atoms with van der Waals surface area (Å²) in [5, 5.41) is 0. The normalized spacial score (nSPS) is 11.9. The van der Waals surface area contributed by atoms with Crippen LogP contribution in [0.4, 0.5) is 5.95 Å². The Hall–Kier alpha value is -0.990. The van der Waals surface area contributed by atoms with Crippen LogP contribution in [-0.2, 0) is 6.54 Å². The van der Waals surface area contributed by atoms with E-state index in [4.69, 9.17) is 5.73 Å². The number of hydrogen-bond acceptors (Lipinski definition) is 2. The molecule has 0 radical (unpaired) electrons. The summed E-state index contributed by atoms with van der Waals surface area (Å²) in [5.41, 5.74) is 5.74. The number of nitrogens with two attached hydrogens (primary N) is 1. The minimum absolute atomic E-state index is 0.622. The first-order valence-corrected chi connectivity index (χ1v) is 5.29. The van der Waals surface area contributed by atoms with E-state index in [1.807, 2.05) is 10.8 Å². The van der Waals surface area contributed by atoms with Crippen molar-refractivity contribution in [3.05, 3.63) is 12.4 Å². The zero-order valence-electron chi connectivity index (χ0n) is 9.57. The van der Waals surface area contributed by atoms with Gasteiger partial charge in [0.15, 0.2) is 5.95 Å². The summed E-state index contributed by atoms with van der Waals surface area (Å²) in [7, 11) is 0. The van der Waals surface area contributed by atoms with Crippen molar-refractivity contribution < 1.29 is 0 Å². The molecule has 1 aromatic heterocycles. The minimum atomic E-state index is 0.622. The molecule has 0 unspecified atom stereocenters. The molecule has 0 aliphatic carbocycles. The second kappa shape index (κ2) is 4.49. The van der Waals surface area contributed by atoms with E-state index in [1.165, 1.54) is 0 Å². The van der Waals surface area contributed by atoms with Gasteiger partial charge in [0.05, 0.1) is 0 Å². The third-order valence-corrected chi connectivity index (χ3v) is 2.87. The van der Waals surface area contributed by atoms with Crippen LogP contribution in [0.3, 0.4) is 0 Å². The van der Waals surface area contributed by atoms with Crippen LogP contribution in [0.2, 0.25) is 0 Å². The second-order valence-corrected chi connectivity index (χ2v) is 4.59. The summed E-state index contributed by atoms with van der Waals surface area (Å²) >= 11 is 0. The molecule has 1 rings (SSSR count). The number of imidazole rings is 1. The largest absolute Gasteiger partial charge is 0.369 e. The molecular weight excluding hydrogens is 174 g/mol. The predicted molar refractivity (Wildman–Crippen MR) is 59.8 cm³/mol. The number of aromatic nitrogens is 2. The van der Waals surface area contributed by atoms with E-state index in [1.54, 1.807) is 6.20 Å². The van der Waals surface area contributed by atoms with Crippen molar-refractivity contribution in [1.82, 2.24) is 9.55 Å². The van der Waals surface area contributed by atoms with Gasteiger partial charge in [0.2, 0.25) is 0 Å². The highest BCUT2D eigenvalue weighted by molar-refractivity contribution is 5.16. The quantitative estimate of drug-likeness (QED) is 0.801. The van der Waals surface area contributed by atoms with Gasteiger partial charge in [-0.3, -0.25) is 0 Å². The fourth-order valence-corrected chi connectivity index (χ4v) is 1.91. The standard InChI is InChI=1S/C11H21N3/c1-8(2)10(9(3)4)7-14-6-5-13-11(14)12/h5-6,8-10H,7H2,1-4H3,(H2,12,13). The van der Waals surface area contributed by atoms with E-state index in [0.717, 1.165) is 6.54 Å². The highest BCUT2D eigenvalue weighted by Gasteiger charge is 2.18. The fraction of sp³-hybridized carbons (Fsp3) is 0.727. The maximum absolute atomic E-state index is 5.74. The zero-order chi connectivity index (χ0) is 10.7. The van der Waals surface area contributed by atoms with Crippen LogP contribution in [0.1, 0.15) is 27.7 Å². The third-order valence-electron chi connectivity index (χ3n) is 2.87. The average Bonchev–Trinajstić information content (AvgIpc) is 2.46. The van der Waals surface area contributed by atoms with Gasteiger partial charge >= 0.3 is 0 Å². The zero-order valence-corrected chi connectivity index (χ0v) is 9.57. The molecule has 0 bridgehead atoms. The smallest absolute Gasteiger partial charge is 0.200 e. The first-order valence-electron chi connectivity index (χ1n) is 5.29. The summed E-state index contributed by atoms with van der Waals surface area (Å²) in [6.45, 7) is 10.0. The number of hydrogen-bond donors (Lipinski definition) is 1. The van der Waals surface area contributed by atoms with E-state index in [2.05, 4.69) is 32.7 Å². The Morgan fingerprint density at radius 2 is 1.86 bits per heavy atom. The molecule has 0 saturated heterocycles. The average molecular weight is 195 g/mol. The molecule has 0 aromatic carbocycles. The molecule has 1 heterocycles. The molecule has 0 atom stereocenters. The van der Waals surface area contributed by atoms with Crippen molar-refractivity contribution in [3.8, 4) is 0 Å². The van der Waals surface area contributed by atoms with Crippen molar-refractivity contribution in [1.29, 1.82) is 0 Å². The van der Waals surface area contributed by atoms with E-state index in [-0.39, 0.29) is 0 Å². The molecule has 3 nitrogen and oxygen atoms in total. The summed E-state index contributed by atoms with van der Waals surface area (Å²) in [6, 6.07) is 0. The first-order chi connectivity index (χ1) is 6.52. The first kappa shape index (κ1) is 11.1. The summed E-state index contributed by atoms with van der Waals surface area (Å²) in [6.07, 6.45) is 3.71. The SMILES string of the molecule is CC(C)C(Cn1ccnc1N)C(C)C. The Bertz CT molecular complexity index is 268. The lowest BCUT2D eigenvalue weighted by atomic mass is 9.85. The van der Waals surface area contributed by atoms with Gasteiger partial charge in [0.25, 0.3) is 0 Å². The molecule has 0 aliphatic rings. The van der Waals surface area contributed by atoms with Crippen LogP contribution in [0.15, 0.2) is 12.4 Å². The molecule has 14 heavy (non-hydrogen) atoms. The van der Waals surface area contributed by atoms with Gasteiger partial charge in [-0.05, 0) is 17.8 Å². The van der Waals surface area contributed by atoms with E-state index in [9.17, 15) is 0 Å². The molecule has 3 heteroatoms. The monoisotopic (exact) mass is 195 g/mol. The van der Waals surface area contributed by atoms with Gasteiger partial charge in [0, 0.05) is 18.9 Å². The number of nitrogens with zero attached hydrogens (tertiary/aromatic N) is 2. The Morgan fingerprint density at radius 1 is 1.29 bits per heavy atom. The summed E-state index contributed by atoms with van der Waals surface area (Å²) in [5.74, 6) is 2.64. The maximum Gasteiger partial charge on any atom is 0.200 e. The van der Waals surface area contributed by atoms with Crippen LogP contribution < -0.4 is 5.73 Å². The fourth-order valence-electron chi connectivity index (χ4n) is 1.91. The van der Waals surface area contributed by atoms with Crippen LogP contribution in [0.25, 0.3) is 0 Å². The topological polar surface area (TPSA) is 43.8 Å². The Morgan fingerprint density at radius 3 is 2.21 bits per heavy atom. The van der Waals surface area contributed by atoms with Crippen LogP contribution in [0.5, 0.6) is 0 Å². The van der Waals surface area contributed by atoms with E-state index >= 15 is 0 Å². The van der Waals surface area contributed by atoms with Crippen molar-refractivity contribution in [2.24, 2.45) is 17.8 Å². The number of rotatable bonds is 4. The summed E-state index contributed by atoms with van der Waals surface area (Å²) in [4.78, 5) is 4.03. The molecule has 1 aromatic rings. The van der Waals surface area contributed by atoms with Gasteiger partial charge in [-0.1, -0.05) is 27.7 Å². The molecule has 0 saturated carbocycles. The lowest BCUT2D eigenvalue weighted by molar-refractivity contribution is 0.253. The molecule has 0 aliphatic heterocycles. The van der Waals surface area contributed by atoms with Crippen molar-refractivity contribution in [3.63, 3.8) is 0 Å². The van der Waals surface area contributed by atoms with Crippen LogP contribution in [0, 0.1) is 17.8 Å². The minimum Gasteiger partial charge on any atom is -0.369 e. The Labute approximate surface area is 86.3 Å². The van der Waals surface area contributed by atoms with Gasteiger partial charge in [-0.25, -0.2) is 4.98 Å². The highest BCUT2D eigenvalue weighted by atomic mass is 15.1. The lowest BCUT2D eigenvalue weighted by Gasteiger charge is -2.25. The highest BCUT2D eigenvalue weighted by Crippen LogP contribution is 2.23. The lowest BCUT2D eigenvalue weighted by Crippen LogP contribution is -2.22. The van der Waals surface area contributed by atoms with Gasteiger partial charge in [-0.15, -0.1) is 0 Å². The maximum atomic E-state index is 5.74. The number of nitrogen functional groups attached to an aromatic ring is 1. The van der Waals surface area contributed by atoms with Crippen LogP contribution in [-0.4, -0.2) is 9.55 Å². The molecule has 0 spiro atoms. The number of anilines is 1. The second-order valence-electron chi connectivity index (χ2n) is 4.59. The van der Waals surface area contributed by atoms with Gasteiger partial charge in [-0.2, -0.15) is 0 Å². The van der Waals surface area contributed by atoms with E-state index < -0.39 is 0 Å². The molecule has 0 amide bonds. The van der Waals surface area contributed by atoms with Gasteiger partial charge in [0.1, 0.15) is 0 Å². The molecule has 80 valence electrons. The molecule has 0 fully saturated rings. The van der Waals surface area contributed by atoms with Crippen molar-refractivity contribution in [2.75, 3.05) is 5.73 Å². The van der Waals surface area contributed by atoms with E-state index in [0.29, 0.717) is 23.7 Å². The predicted octanol–water partition coefficient (Wildman–Crippen LogP) is 2.39. The summed E-state index contributed by atoms with van der Waals surface area (Å²) < 4.78 is 2.03. The van der Waals surface area contributed by atoms with Crippen molar-refractivity contribution >= 4 is 5.95 Å². The van der Waals surface area contributed by atoms with Crippen LogP contribution >= 0.6 is 0 Å². The molecule has 2 N–H and O–H groups in total.